The van der Waals surface area contributed by atoms with Crippen molar-refractivity contribution in [3.8, 4) is 0 Å². The van der Waals surface area contributed by atoms with Crippen molar-refractivity contribution >= 4 is 27.8 Å². The van der Waals surface area contributed by atoms with Crippen LogP contribution in [0.5, 0.6) is 0 Å². The fourth-order valence-corrected chi connectivity index (χ4v) is 2.21. The van der Waals surface area contributed by atoms with Gasteiger partial charge in [0.05, 0.1) is 4.88 Å². The van der Waals surface area contributed by atoms with Crippen LogP contribution in [0.3, 0.4) is 0 Å². The summed E-state index contributed by atoms with van der Waals surface area (Å²) in [5, 5.41) is 3.37. The first kappa shape index (κ1) is 10.2. The molecule has 0 fully saturated rings. The van der Waals surface area contributed by atoms with E-state index in [9.17, 15) is 18.0 Å². The molecule has 7 heteroatoms. The number of aldehydes is 1. The van der Waals surface area contributed by atoms with Gasteiger partial charge in [0.25, 0.3) is 0 Å². The van der Waals surface area contributed by atoms with Gasteiger partial charge in [-0.05, 0) is 6.07 Å². The van der Waals surface area contributed by atoms with E-state index in [0.29, 0.717) is 11.1 Å². The molecule has 3 nitrogen and oxygen atoms in total. The number of aryl methyl sites for hydroxylation is 1. The fourth-order valence-electron chi connectivity index (χ4n) is 1.33. The van der Waals surface area contributed by atoms with Gasteiger partial charge in [-0.3, -0.25) is 9.48 Å². The normalized spacial score (nSPS) is 12.3. The van der Waals surface area contributed by atoms with Gasteiger partial charge in [-0.15, -0.1) is 11.3 Å². The molecule has 0 unspecified atom stereocenters. The number of carbonyl (C=O) groups is 1. The third-order valence-corrected chi connectivity index (χ3v) is 3.04. The lowest BCUT2D eigenvalue weighted by Gasteiger charge is -2.00. The third-order valence-electron chi connectivity index (χ3n) is 1.92. The first-order valence-electron chi connectivity index (χ1n) is 3.92. The van der Waals surface area contributed by atoms with Crippen molar-refractivity contribution in [3.05, 3.63) is 16.6 Å². The zero-order valence-electron chi connectivity index (χ0n) is 7.50. The lowest BCUT2D eigenvalue weighted by atomic mass is 10.3. The van der Waals surface area contributed by atoms with Gasteiger partial charge in [-0.2, -0.15) is 18.3 Å². The van der Waals surface area contributed by atoms with Crippen LogP contribution in [0.2, 0.25) is 0 Å². The van der Waals surface area contributed by atoms with Gasteiger partial charge in [0.1, 0.15) is 4.83 Å². The Hall–Kier alpha value is -1.37. The molecule has 0 aromatic carbocycles. The Kier molecular flexibility index (Phi) is 2.07. The second-order valence-corrected chi connectivity index (χ2v) is 4.02. The molecule has 0 aliphatic heterocycles. The molecule has 0 saturated carbocycles. The average Bonchev–Trinajstić information content (AvgIpc) is 2.65. The Balaban J connectivity index is 2.76. The molecule has 0 aliphatic rings. The fraction of sp³-hybridized carbons (Fsp3) is 0.250. The maximum atomic E-state index is 12.5. The monoisotopic (exact) mass is 234 g/mol. The molecule has 0 N–H and O–H groups in total. The van der Waals surface area contributed by atoms with E-state index in [1.54, 1.807) is 0 Å². The molecule has 0 amide bonds. The molecule has 2 heterocycles. The number of nitrogens with zero attached hydrogens (tertiary/aromatic N) is 2. The van der Waals surface area contributed by atoms with Gasteiger partial charge in [0, 0.05) is 12.4 Å². The summed E-state index contributed by atoms with van der Waals surface area (Å²) in [6.07, 6.45) is -3.95. The minimum Gasteiger partial charge on any atom is -0.297 e. The lowest BCUT2D eigenvalue weighted by molar-refractivity contribution is -0.140. The van der Waals surface area contributed by atoms with Crippen molar-refractivity contribution in [2.24, 2.45) is 7.05 Å². The number of fused-ring (bicyclic) bond motifs is 1. The molecule has 0 atom stereocenters. The molecular formula is C8H5F3N2OS. The summed E-state index contributed by atoms with van der Waals surface area (Å²) in [7, 11) is 1.42. The summed E-state index contributed by atoms with van der Waals surface area (Å²) in [5.41, 5.74) is -0.940. The maximum absolute atomic E-state index is 12.5. The number of hydrogen-bond acceptors (Lipinski definition) is 3. The van der Waals surface area contributed by atoms with E-state index in [-0.39, 0.29) is 10.3 Å². The minimum absolute atomic E-state index is 0.0166. The Morgan fingerprint density at radius 3 is 2.73 bits per heavy atom. The van der Waals surface area contributed by atoms with E-state index < -0.39 is 11.9 Å². The maximum Gasteiger partial charge on any atom is 0.435 e. The van der Waals surface area contributed by atoms with Crippen LogP contribution in [-0.2, 0) is 13.2 Å². The predicted octanol–water partition coefficient (Wildman–Crippen LogP) is 2.47. The van der Waals surface area contributed by atoms with Crippen LogP contribution >= 0.6 is 11.3 Å². The Labute approximate surface area is 86.1 Å². The van der Waals surface area contributed by atoms with E-state index in [1.807, 2.05) is 0 Å². The molecule has 0 aliphatic carbocycles. The highest BCUT2D eigenvalue weighted by molar-refractivity contribution is 7.20. The largest absolute Gasteiger partial charge is 0.435 e. The summed E-state index contributed by atoms with van der Waals surface area (Å²) < 4.78 is 38.6. The van der Waals surface area contributed by atoms with Crippen molar-refractivity contribution < 1.29 is 18.0 Å². The van der Waals surface area contributed by atoms with Gasteiger partial charge in [-0.25, -0.2) is 0 Å². The predicted molar refractivity (Wildman–Crippen MR) is 49.0 cm³/mol. The summed E-state index contributed by atoms with van der Waals surface area (Å²) in [6, 6.07) is 1.21. The highest BCUT2D eigenvalue weighted by atomic mass is 32.1. The molecule has 80 valence electrons. The number of alkyl halides is 3. The second kappa shape index (κ2) is 3.06. The topological polar surface area (TPSA) is 34.9 Å². The highest BCUT2D eigenvalue weighted by Crippen LogP contribution is 2.36. The summed E-state index contributed by atoms with van der Waals surface area (Å²) in [5.74, 6) is 0. The van der Waals surface area contributed by atoms with E-state index in [0.717, 1.165) is 16.0 Å². The van der Waals surface area contributed by atoms with Gasteiger partial charge >= 0.3 is 6.18 Å². The molecule has 0 saturated heterocycles. The molecule has 2 aromatic rings. The second-order valence-electron chi connectivity index (χ2n) is 2.96. The number of thiophene rings is 1. The number of halogens is 3. The number of rotatable bonds is 1. The number of aromatic nitrogens is 2. The quantitative estimate of drug-likeness (QED) is 0.710. The van der Waals surface area contributed by atoms with Gasteiger partial charge in [-0.1, -0.05) is 0 Å². The molecular weight excluding hydrogens is 229 g/mol. The van der Waals surface area contributed by atoms with E-state index in [4.69, 9.17) is 0 Å². The zero-order chi connectivity index (χ0) is 11.2. The molecule has 15 heavy (non-hydrogen) atoms. The standard InChI is InChI=1S/C8H5F3N2OS/c1-13-7-5(2-4(3-14)15-7)6(12-13)8(9,10)11/h2-3H,1H3. The van der Waals surface area contributed by atoms with E-state index in [2.05, 4.69) is 5.10 Å². The van der Waals surface area contributed by atoms with Crippen LogP contribution in [0.1, 0.15) is 15.4 Å². The van der Waals surface area contributed by atoms with Crippen LogP contribution in [0, 0.1) is 0 Å². The molecule has 0 bridgehead atoms. The van der Waals surface area contributed by atoms with Crippen LogP contribution in [0.15, 0.2) is 6.07 Å². The number of carbonyl (C=O) groups excluding carboxylic acids is 1. The third kappa shape index (κ3) is 1.52. The lowest BCUT2D eigenvalue weighted by Crippen LogP contribution is -2.07. The van der Waals surface area contributed by atoms with Crippen molar-refractivity contribution in [3.63, 3.8) is 0 Å². The average molecular weight is 234 g/mol. The minimum atomic E-state index is -4.49. The van der Waals surface area contributed by atoms with Crippen LogP contribution in [0.25, 0.3) is 10.2 Å². The van der Waals surface area contributed by atoms with Crippen molar-refractivity contribution in [2.45, 2.75) is 6.18 Å². The van der Waals surface area contributed by atoms with Gasteiger partial charge < -0.3 is 0 Å². The highest BCUT2D eigenvalue weighted by Gasteiger charge is 2.37. The van der Waals surface area contributed by atoms with Gasteiger partial charge in [0.15, 0.2) is 12.0 Å². The summed E-state index contributed by atoms with van der Waals surface area (Å²) >= 11 is 0.993. The van der Waals surface area contributed by atoms with Crippen molar-refractivity contribution in [1.29, 1.82) is 0 Å². The number of hydrogen-bond donors (Lipinski definition) is 0. The Morgan fingerprint density at radius 1 is 1.53 bits per heavy atom. The smallest absolute Gasteiger partial charge is 0.297 e. The summed E-state index contributed by atoms with van der Waals surface area (Å²) in [4.78, 5) is 11.1. The van der Waals surface area contributed by atoms with E-state index in [1.165, 1.54) is 13.1 Å². The first-order chi connectivity index (χ1) is 6.93. The summed E-state index contributed by atoms with van der Waals surface area (Å²) in [6.45, 7) is 0. The molecule has 0 radical (unpaired) electrons. The Morgan fingerprint density at radius 2 is 2.20 bits per heavy atom. The van der Waals surface area contributed by atoms with E-state index >= 15 is 0 Å². The van der Waals surface area contributed by atoms with Crippen LogP contribution in [-0.4, -0.2) is 16.1 Å². The molecule has 2 aromatic heterocycles. The first-order valence-corrected chi connectivity index (χ1v) is 4.74. The van der Waals surface area contributed by atoms with Crippen LogP contribution < -0.4 is 0 Å². The van der Waals surface area contributed by atoms with Crippen molar-refractivity contribution in [1.82, 2.24) is 9.78 Å². The zero-order valence-corrected chi connectivity index (χ0v) is 8.32. The van der Waals surface area contributed by atoms with Crippen molar-refractivity contribution in [2.75, 3.05) is 0 Å². The van der Waals surface area contributed by atoms with Gasteiger partial charge in [0.2, 0.25) is 0 Å². The Bertz CT molecular complexity index is 526. The molecule has 0 spiro atoms. The molecule has 2 rings (SSSR count). The van der Waals surface area contributed by atoms with Crippen LogP contribution in [0.4, 0.5) is 13.2 Å². The SMILES string of the molecule is Cn1nc(C(F)(F)F)c2cc(C=O)sc21.